The van der Waals surface area contributed by atoms with Gasteiger partial charge in [0.1, 0.15) is 5.82 Å². The molecule has 0 spiro atoms. The van der Waals surface area contributed by atoms with Crippen molar-refractivity contribution in [2.75, 3.05) is 25.0 Å². The molecule has 3 heterocycles. The van der Waals surface area contributed by atoms with Crippen LogP contribution in [-0.4, -0.2) is 57.2 Å². The fourth-order valence-corrected chi connectivity index (χ4v) is 3.92. The van der Waals surface area contributed by atoms with Gasteiger partial charge in [-0.25, -0.2) is 9.97 Å². The molecule has 1 aliphatic heterocycles. The molecule has 6 nitrogen and oxygen atoms in total. The van der Waals surface area contributed by atoms with Gasteiger partial charge in [-0.05, 0) is 52.0 Å². The smallest absolute Gasteiger partial charge is 0.163 e. The minimum Gasteiger partial charge on any atom is -0.373 e. The Morgan fingerprint density at radius 2 is 1.83 bits per heavy atom. The lowest BCUT2D eigenvalue weighted by molar-refractivity contribution is -0.0933. The summed E-state index contributed by atoms with van der Waals surface area (Å²) < 4.78 is 5.91. The van der Waals surface area contributed by atoms with Gasteiger partial charge in [0.25, 0.3) is 0 Å². The predicted octanol–water partition coefficient (Wildman–Crippen LogP) is 3.99. The summed E-state index contributed by atoms with van der Waals surface area (Å²) >= 11 is 0. The molecule has 0 radical (unpaired) electrons. The van der Waals surface area contributed by atoms with Crippen molar-refractivity contribution in [1.82, 2.24) is 19.9 Å². The SMILES string of the molecule is C[C@@H]1CN(C(C)(C)CNc2nc(-c3cccnc3)nc3ccccc23)C[C@@H](C)O1. The van der Waals surface area contributed by atoms with Crippen molar-refractivity contribution in [3.8, 4) is 11.4 Å². The lowest BCUT2D eigenvalue weighted by atomic mass is 10.00. The predicted molar refractivity (Wildman–Crippen MR) is 117 cm³/mol. The number of aromatic nitrogens is 3. The summed E-state index contributed by atoms with van der Waals surface area (Å²) in [6.45, 7) is 11.5. The van der Waals surface area contributed by atoms with Gasteiger partial charge in [-0.15, -0.1) is 0 Å². The highest BCUT2D eigenvalue weighted by molar-refractivity contribution is 5.90. The van der Waals surface area contributed by atoms with Gasteiger partial charge in [0.05, 0.1) is 17.7 Å². The van der Waals surface area contributed by atoms with E-state index in [4.69, 9.17) is 14.7 Å². The van der Waals surface area contributed by atoms with E-state index in [1.807, 2.05) is 30.3 Å². The monoisotopic (exact) mass is 391 g/mol. The summed E-state index contributed by atoms with van der Waals surface area (Å²) in [4.78, 5) is 16.3. The van der Waals surface area contributed by atoms with Gasteiger partial charge in [0.2, 0.25) is 0 Å². The van der Waals surface area contributed by atoms with Crippen LogP contribution in [0.5, 0.6) is 0 Å². The summed E-state index contributed by atoms with van der Waals surface area (Å²) in [6.07, 6.45) is 4.05. The zero-order valence-corrected chi connectivity index (χ0v) is 17.6. The first-order valence-electron chi connectivity index (χ1n) is 10.2. The average molecular weight is 392 g/mol. The number of rotatable bonds is 5. The second-order valence-corrected chi connectivity index (χ2v) is 8.48. The van der Waals surface area contributed by atoms with E-state index in [9.17, 15) is 0 Å². The van der Waals surface area contributed by atoms with Crippen molar-refractivity contribution in [1.29, 1.82) is 0 Å². The lowest BCUT2D eigenvalue weighted by Gasteiger charge is -2.45. The number of nitrogens with one attached hydrogen (secondary N) is 1. The van der Waals surface area contributed by atoms with Gasteiger partial charge >= 0.3 is 0 Å². The first kappa shape index (κ1) is 19.7. The molecular weight excluding hydrogens is 362 g/mol. The van der Waals surface area contributed by atoms with Crippen molar-refractivity contribution in [3.63, 3.8) is 0 Å². The fourth-order valence-electron chi connectivity index (χ4n) is 3.92. The van der Waals surface area contributed by atoms with Crippen LogP contribution in [0.4, 0.5) is 5.82 Å². The molecule has 2 aromatic heterocycles. The number of anilines is 1. The van der Waals surface area contributed by atoms with Crippen molar-refractivity contribution in [2.24, 2.45) is 0 Å². The van der Waals surface area contributed by atoms with Crippen LogP contribution in [0.2, 0.25) is 0 Å². The Bertz CT molecular complexity index is 965. The van der Waals surface area contributed by atoms with Crippen molar-refractivity contribution >= 4 is 16.7 Å². The van der Waals surface area contributed by atoms with E-state index >= 15 is 0 Å². The zero-order valence-electron chi connectivity index (χ0n) is 17.6. The Kier molecular flexibility index (Phi) is 5.48. The lowest BCUT2D eigenvalue weighted by Crippen LogP contribution is -2.57. The van der Waals surface area contributed by atoms with Gasteiger partial charge in [0.15, 0.2) is 5.82 Å². The quantitative estimate of drug-likeness (QED) is 0.709. The molecule has 3 aromatic rings. The van der Waals surface area contributed by atoms with E-state index in [1.165, 1.54) is 0 Å². The molecule has 4 rings (SSSR count). The Balaban J connectivity index is 1.61. The van der Waals surface area contributed by atoms with Crippen molar-refractivity contribution in [3.05, 3.63) is 48.8 Å². The summed E-state index contributed by atoms with van der Waals surface area (Å²) in [5, 5.41) is 4.64. The minimum absolute atomic E-state index is 0.0349. The second kappa shape index (κ2) is 8.05. The third kappa shape index (κ3) is 4.38. The molecule has 1 saturated heterocycles. The topological polar surface area (TPSA) is 63.2 Å². The number of nitrogens with zero attached hydrogens (tertiary/aromatic N) is 4. The highest BCUT2D eigenvalue weighted by Crippen LogP contribution is 2.26. The first-order valence-corrected chi connectivity index (χ1v) is 10.2. The molecule has 2 atom stereocenters. The van der Waals surface area contributed by atoms with Crippen LogP contribution in [0.15, 0.2) is 48.8 Å². The number of benzene rings is 1. The number of para-hydroxylation sites is 1. The Morgan fingerprint density at radius 1 is 1.07 bits per heavy atom. The highest BCUT2D eigenvalue weighted by Gasteiger charge is 2.33. The fraction of sp³-hybridized carbons (Fsp3) is 0.435. The third-order valence-electron chi connectivity index (χ3n) is 5.49. The maximum absolute atomic E-state index is 5.91. The Morgan fingerprint density at radius 3 is 2.55 bits per heavy atom. The number of morpholine rings is 1. The zero-order chi connectivity index (χ0) is 20.4. The van der Waals surface area contributed by atoms with Gasteiger partial charge < -0.3 is 10.1 Å². The van der Waals surface area contributed by atoms with Crippen LogP contribution >= 0.6 is 0 Å². The molecule has 6 heteroatoms. The van der Waals surface area contributed by atoms with E-state index in [0.717, 1.165) is 41.9 Å². The number of ether oxygens (including phenoxy) is 1. The second-order valence-electron chi connectivity index (χ2n) is 8.48. The molecular formula is C23H29N5O. The van der Waals surface area contributed by atoms with Gasteiger partial charge in [-0.1, -0.05) is 12.1 Å². The maximum Gasteiger partial charge on any atom is 0.163 e. The average Bonchev–Trinajstić information content (AvgIpc) is 2.72. The minimum atomic E-state index is -0.0349. The van der Waals surface area contributed by atoms with Crippen molar-refractivity contribution in [2.45, 2.75) is 45.4 Å². The van der Waals surface area contributed by atoms with E-state index < -0.39 is 0 Å². The Hall–Kier alpha value is -2.57. The largest absolute Gasteiger partial charge is 0.373 e. The molecule has 0 unspecified atom stereocenters. The third-order valence-corrected chi connectivity index (χ3v) is 5.49. The molecule has 152 valence electrons. The summed E-state index contributed by atoms with van der Waals surface area (Å²) in [6, 6.07) is 12.0. The van der Waals surface area contributed by atoms with Crippen molar-refractivity contribution < 1.29 is 4.74 Å². The van der Waals surface area contributed by atoms with E-state index in [1.54, 1.807) is 12.4 Å². The van der Waals surface area contributed by atoms with E-state index in [2.05, 4.69) is 49.0 Å². The van der Waals surface area contributed by atoms with Gasteiger partial charge in [0, 0.05) is 48.5 Å². The van der Waals surface area contributed by atoms with E-state index in [-0.39, 0.29) is 17.7 Å². The maximum atomic E-state index is 5.91. The summed E-state index contributed by atoms with van der Waals surface area (Å²) in [5.41, 5.74) is 1.80. The molecule has 1 aromatic carbocycles. The normalized spacial score (nSPS) is 20.7. The highest BCUT2D eigenvalue weighted by atomic mass is 16.5. The molecule has 29 heavy (non-hydrogen) atoms. The van der Waals surface area contributed by atoms with E-state index in [0.29, 0.717) is 5.82 Å². The van der Waals surface area contributed by atoms with Crippen LogP contribution in [0.3, 0.4) is 0 Å². The van der Waals surface area contributed by atoms with Gasteiger partial charge in [-0.2, -0.15) is 0 Å². The number of hydrogen-bond acceptors (Lipinski definition) is 6. The molecule has 0 saturated carbocycles. The van der Waals surface area contributed by atoms with Crippen LogP contribution < -0.4 is 5.32 Å². The molecule has 1 fully saturated rings. The molecule has 0 amide bonds. The molecule has 1 aliphatic rings. The van der Waals surface area contributed by atoms with Gasteiger partial charge in [-0.3, -0.25) is 9.88 Å². The number of hydrogen-bond donors (Lipinski definition) is 1. The molecule has 1 N–H and O–H groups in total. The molecule has 0 bridgehead atoms. The summed E-state index contributed by atoms with van der Waals surface area (Å²) in [7, 11) is 0. The Labute approximate surface area is 172 Å². The first-order chi connectivity index (χ1) is 13.9. The van der Waals surface area contributed by atoms with Crippen LogP contribution in [-0.2, 0) is 4.74 Å². The van der Waals surface area contributed by atoms with Crippen LogP contribution in [0.1, 0.15) is 27.7 Å². The number of fused-ring (bicyclic) bond motifs is 1. The number of pyridine rings is 1. The standard InChI is InChI=1S/C23H29N5O/c1-16-13-28(14-17(2)29-16)23(3,4)15-25-22-19-9-5-6-10-20(19)26-21(27-22)18-8-7-11-24-12-18/h5-12,16-17H,13-15H2,1-4H3,(H,25,26,27)/t16-,17-/m1/s1. The van der Waals surface area contributed by atoms with Crippen LogP contribution in [0.25, 0.3) is 22.3 Å². The molecule has 0 aliphatic carbocycles. The van der Waals surface area contributed by atoms with Crippen LogP contribution in [0, 0.1) is 0 Å². The summed E-state index contributed by atoms with van der Waals surface area (Å²) in [5.74, 6) is 1.54.